The minimum absolute atomic E-state index is 0.0207. The van der Waals surface area contributed by atoms with Gasteiger partial charge in [0, 0.05) is 11.2 Å². The maximum Gasteiger partial charge on any atom is 0.262 e. The van der Waals surface area contributed by atoms with Crippen LogP contribution in [0.25, 0.3) is 10.1 Å². The zero-order valence-corrected chi connectivity index (χ0v) is 22.8. The molecule has 2 atom stereocenters. The van der Waals surface area contributed by atoms with Crippen molar-refractivity contribution in [3.63, 3.8) is 0 Å². The van der Waals surface area contributed by atoms with Gasteiger partial charge in [-0.05, 0) is 54.8 Å². The molecule has 1 saturated heterocycles. The number of nitrogens with zero attached hydrogens (tertiary/aromatic N) is 1. The van der Waals surface area contributed by atoms with Crippen molar-refractivity contribution < 1.29 is 27.2 Å². The molecule has 2 N–H and O–H groups in total. The van der Waals surface area contributed by atoms with E-state index in [0.717, 1.165) is 26.5 Å². The molecule has 0 aliphatic carbocycles. The number of hydrogen-bond donors (Lipinski definition) is 2. The molecule has 1 fully saturated rings. The predicted octanol–water partition coefficient (Wildman–Crippen LogP) is 3.72. The molecule has 2 aromatic carbocycles. The smallest absolute Gasteiger partial charge is 0.262 e. The van der Waals surface area contributed by atoms with E-state index in [9.17, 15) is 27.2 Å². The van der Waals surface area contributed by atoms with E-state index in [2.05, 4.69) is 10.6 Å². The minimum atomic E-state index is -4.22. The van der Waals surface area contributed by atoms with Crippen molar-refractivity contribution in [2.45, 2.75) is 50.1 Å². The molecule has 1 unspecified atom stereocenters. The van der Waals surface area contributed by atoms with E-state index in [1.807, 2.05) is 38.1 Å². The SMILES string of the molecule is CC(C)CC(NC(=O)c1cc2ccccc2s1)C(=O)N[C@H]1CCCN(S(=O)(=O)c2ccccc2F)CC1=O. The molecule has 38 heavy (non-hydrogen) atoms. The molecule has 0 bridgehead atoms. The van der Waals surface area contributed by atoms with Gasteiger partial charge in [0.2, 0.25) is 15.9 Å². The van der Waals surface area contributed by atoms with Crippen molar-refractivity contribution in [2.24, 2.45) is 5.92 Å². The van der Waals surface area contributed by atoms with Crippen molar-refractivity contribution in [1.29, 1.82) is 0 Å². The van der Waals surface area contributed by atoms with Crippen LogP contribution >= 0.6 is 11.3 Å². The maximum absolute atomic E-state index is 14.2. The summed E-state index contributed by atoms with van der Waals surface area (Å²) in [7, 11) is -4.22. The molecular formula is C27H30FN3O5S2. The Morgan fingerprint density at radius 2 is 1.84 bits per heavy atom. The fraction of sp³-hybridized carbons (Fsp3) is 0.370. The standard InChI is InChI=1S/C27H30FN3O5S2/c1-17(2)14-21(30-27(34)24-15-18-8-3-5-11-23(18)37-24)26(33)29-20-10-7-13-31(16-22(20)32)38(35,36)25-12-6-4-9-19(25)28/h3-6,8-9,11-12,15,17,20-21H,7,10,13-14,16H2,1-2H3,(H,29,33)(H,30,34)/t20-,21?/m0/s1. The fourth-order valence-corrected chi connectivity index (χ4v) is 6.92. The van der Waals surface area contributed by atoms with Gasteiger partial charge < -0.3 is 10.6 Å². The summed E-state index contributed by atoms with van der Waals surface area (Å²) in [6, 6.07) is 12.6. The van der Waals surface area contributed by atoms with Gasteiger partial charge in [0.05, 0.1) is 17.5 Å². The Kier molecular flexibility index (Phi) is 8.59. The number of rotatable bonds is 8. The summed E-state index contributed by atoms with van der Waals surface area (Å²) in [6.07, 6.45) is 0.886. The van der Waals surface area contributed by atoms with Crippen LogP contribution in [0.15, 0.2) is 59.5 Å². The molecule has 0 saturated carbocycles. The third-order valence-corrected chi connectivity index (χ3v) is 9.36. The lowest BCUT2D eigenvalue weighted by molar-refractivity contribution is -0.129. The number of carbonyl (C=O) groups is 3. The van der Waals surface area contributed by atoms with Gasteiger partial charge in [-0.15, -0.1) is 11.3 Å². The number of carbonyl (C=O) groups excluding carboxylic acids is 3. The average Bonchev–Trinajstić information content (AvgIpc) is 3.22. The van der Waals surface area contributed by atoms with Crippen LogP contribution in [-0.4, -0.2) is 55.5 Å². The third kappa shape index (κ3) is 6.28. The van der Waals surface area contributed by atoms with Crippen LogP contribution in [0.5, 0.6) is 0 Å². The van der Waals surface area contributed by atoms with Crippen LogP contribution < -0.4 is 10.6 Å². The number of halogens is 1. The van der Waals surface area contributed by atoms with Crippen LogP contribution in [0, 0.1) is 11.7 Å². The summed E-state index contributed by atoms with van der Waals surface area (Å²) in [5.74, 6) is -2.17. The second-order valence-corrected chi connectivity index (χ2v) is 12.7. The summed E-state index contributed by atoms with van der Waals surface area (Å²) in [5, 5.41) is 6.47. The first-order valence-electron chi connectivity index (χ1n) is 12.4. The van der Waals surface area contributed by atoms with Crippen LogP contribution in [0.4, 0.5) is 4.39 Å². The van der Waals surface area contributed by atoms with E-state index in [1.54, 1.807) is 6.07 Å². The molecule has 2 heterocycles. The number of sulfonamides is 1. The predicted molar refractivity (Wildman–Crippen MR) is 144 cm³/mol. The van der Waals surface area contributed by atoms with E-state index in [-0.39, 0.29) is 24.8 Å². The highest BCUT2D eigenvalue weighted by molar-refractivity contribution is 7.89. The summed E-state index contributed by atoms with van der Waals surface area (Å²) in [6.45, 7) is 3.39. The van der Waals surface area contributed by atoms with Gasteiger partial charge in [-0.2, -0.15) is 4.31 Å². The number of Topliss-reactive ketones (excluding diaryl/α,β-unsaturated/α-hetero) is 1. The number of benzene rings is 2. The first-order chi connectivity index (χ1) is 18.1. The van der Waals surface area contributed by atoms with Crippen LogP contribution in [0.1, 0.15) is 42.8 Å². The zero-order valence-electron chi connectivity index (χ0n) is 21.1. The molecule has 0 radical (unpaired) electrons. The lowest BCUT2D eigenvalue weighted by Crippen LogP contribution is -2.52. The van der Waals surface area contributed by atoms with Crippen LogP contribution in [-0.2, 0) is 19.6 Å². The van der Waals surface area contributed by atoms with E-state index < -0.39 is 51.1 Å². The molecule has 1 aliphatic rings. The monoisotopic (exact) mass is 559 g/mol. The van der Waals surface area contributed by atoms with Gasteiger partial charge in [0.15, 0.2) is 5.78 Å². The second kappa shape index (κ2) is 11.7. The van der Waals surface area contributed by atoms with Gasteiger partial charge >= 0.3 is 0 Å². The second-order valence-electron chi connectivity index (χ2n) is 9.74. The number of hydrogen-bond acceptors (Lipinski definition) is 6. The summed E-state index contributed by atoms with van der Waals surface area (Å²) < 4.78 is 42.1. The molecule has 11 heteroatoms. The average molecular weight is 560 g/mol. The number of nitrogens with one attached hydrogen (secondary N) is 2. The van der Waals surface area contributed by atoms with Crippen molar-refractivity contribution in [3.8, 4) is 0 Å². The lowest BCUT2D eigenvalue weighted by Gasteiger charge is -2.23. The Labute approximate surface area is 225 Å². The third-order valence-electron chi connectivity index (χ3n) is 6.37. The van der Waals surface area contributed by atoms with Gasteiger partial charge in [0.25, 0.3) is 5.91 Å². The normalized spacial score (nSPS) is 17.8. The molecule has 4 rings (SSSR count). The number of thiophene rings is 1. The van der Waals surface area contributed by atoms with E-state index in [1.165, 1.54) is 23.5 Å². The molecule has 202 valence electrons. The Balaban J connectivity index is 1.45. The molecule has 8 nitrogen and oxygen atoms in total. The summed E-state index contributed by atoms with van der Waals surface area (Å²) in [5.41, 5.74) is 0. The summed E-state index contributed by atoms with van der Waals surface area (Å²) >= 11 is 1.33. The summed E-state index contributed by atoms with van der Waals surface area (Å²) in [4.78, 5) is 39.2. The lowest BCUT2D eigenvalue weighted by atomic mass is 10.0. The molecule has 1 aliphatic heterocycles. The molecule has 2 amide bonds. The van der Waals surface area contributed by atoms with Gasteiger partial charge in [-0.1, -0.05) is 44.2 Å². The van der Waals surface area contributed by atoms with Gasteiger partial charge in [-0.3, -0.25) is 14.4 Å². The molecule has 0 spiro atoms. The minimum Gasteiger partial charge on any atom is -0.344 e. The van der Waals surface area contributed by atoms with E-state index in [4.69, 9.17) is 0 Å². The van der Waals surface area contributed by atoms with Gasteiger partial charge in [-0.25, -0.2) is 12.8 Å². The topological polar surface area (TPSA) is 113 Å². The number of fused-ring (bicyclic) bond motifs is 1. The molecular weight excluding hydrogens is 529 g/mol. The quantitative estimate of drug-likeness (QED) is 0.437. The van der Waals surface area contributed by atoms with Crippen LogP contribution in [0.3, 0.4) is 0 Å². The number of amides is 2. The molecule has 1 aromatic heterocycles. The van der Waals surface area contributed by atoms with Crippen molar-refractivity contribution in [2.75, 3.05) is 13.1 Å². The maximum atomic E-state index is 14.2. The Hall–Kier alpha value is -3.15. The van der Waals surface area contributed by atoms with Crippen LogP contribution in [0.2, 0.25) is 0 Å². The van der Waals surface area contributed by atoms with Crippen molar-refractivity contribution in [3.05, 3.63) is 65.3 Å². The van der Waals surface area contributed by atoms with Crippen molar-refractivity contribution >= 4 is 49.0 Å². The fourth-order valence-electron chi connectivity index (χ4n) is 4.45. The van der Waals surface area contributed by atoms with E-state index in [0.29, 0.717) is 17.7 Å². The first kappa shape index (κ1) is 27.9. The highest BCUT2D eigenvalue weighted by atomic mass is 32.2. The Bertz CT molecular complexity index is 1420. The first-order valence-corrected chi connectivity index (χ1v) is 14.7. The Morgan fingerprint density at radius 3 is 2.55 bits per heavy atom. The van der Waals surface area contributed by atoms with E-state index >= 15 is 0 Å². The molecule has 3 aromatic rings. The largest absolute Gasteiger partial charge is 0.344 e. The number of ketones is 1. The zero-order chi connectivity index (χ0) is 27.4. The van der Waals surface area contributed by atoms with Gasteiger partial charge in [0.1, 0.15) is 16.8 Å². The van der Waals surface area contributed by atoms with Crippen molar-refractivity contribution in [1.82, 2.24) is 14.9 Å². The Morgan fingerprint density at radius 1 is 1.13 bits per heavy atom. The highest BCUT2D eigenvalue weighted by Crippen LogP contribution is 2.26. The highest BCUT2D eigenvalue weighted by Gasteiger charge is 2.35.